The second kappa shape index (κ2) is 7.06. The quantitative estimate of drug-likeness (QED) is 0.614. The molecule has 0 aliphatic heterocycles. The summed E-state index contributed by atoms with van der Waals surface area (Å²) in [6.45, 7) is 12.6. The highest BCUT2D eigenvalue weighted by molar-refractivity contribution is 5.89. The summed E-state index contributed by atoms with van der Waals surface area (Å²) in [6.07, 6.45) is 0. The molecule has 5 nitrogen and oxygen atoms in total. The average Bonchev–Trinajstić information content (AvgIpc) is 2.91. The van der Waals surface area contributed by atoms with Crippen LogP contribution in [0.25, 0.3) is 11.0 Å². The summed E-state index contributed by atoms with van der Waals surface area (Å²) in [7, 11) is 0. The molecule has 0 saturated carbocycles. The summed E-state index contributed by atoms with van der Waals surface area (Å²) in [6, 6.07) is 12.4. The van der Waals surface area contributed by atoms with Gasteiger partial charge in [-0.2, -0.15) is 0 Å². The van der Waals surface area contributed by atoms with Gasteiger partial charge in [-0.25, -0.2) is 19.2 Å². The van der Waals surface area contributed by atoms with Gasteiger partial charge in [-0.1, -0.05) is 12.1 Å². The molecule has 1 aromatic heterocycles. The second-order valence-corrected chi connectivity index (χ2v) is 7.66. The number of rotatable bonds is 5. The van der Waals surface area contributed by atoms with Gasteiger partial charge < -0.3 is 5.11 Å². The lowest BCUT2D eigenvalue weighted by atomic mass is 10.0. The topological polar surface area (TPSA) is 58.1 Å². The van der Waals surface area contributed by atoms with Crippen molar-refractivity contribution >= 4 is 28.6 Å². The zero-order chi connectivity index (χ0) is 19.9. The van der Waals surface area contributed by atoms with Crippen LogP contribution in [0, 0.1) is 13.8 Å². The van der Waals surface area contributed by atoms with E-state index in [1.807, 2.05) is 13.8 Å². The molecule has 0 spiro atoms. The first kappa shape index (κ1) is 19.0. The zero-order valence-electron chi connectivity index (χ0n) is 16.9. The van der Waals surface area contributed by atoms with Gasteiger partial charge in [-0.05, 0) is 76.9 Å². The summed E-state index contributed by atoms with van der Waals surface area (Å²) < 4.78 is 4.61. The molecule has 0 radical (unpaired) electrons. The summed E-state index contributed by atoms with van der Waals surface area (Å²) in [4.78, 5) is 11.4. The number of carboxylic acids is 1. The number of hydrogen-bond donors (Lipinski definition) is 2. The standard InChI is InChI=1S/C22H27N3O2/c1-13(2)24-18-9-7-8-10-19(18)25(14(3)4)22(24)23-20-15(5)11-17(21(26)27)12-16(20)6/h7-14H,1-6H3,(H,26,27)/p+1. The predicted octanol–water partition coefficient (Wildman–Crippen LogP) is 5.15. The predicted molar refractivity (Wildman–Crippen MR) is 109 cm³/mol. The molecule has 0 saturated heterocycles. The molecule has 0 atom stereocenters. The highest BCUT2D eigenvalue weighted by Gasteiger charge is 2.28. The minimum atomic E-state index is -0.902. The van der Waals surface area contributed by atoms with Crippen LogP contribution in [-0.4, -0.2) is 15.6 Å². The van der Waals surface area contributed by atoms with Crippen molar-refractivity contribution in [2.45, 2.75) is 53.6 Å². The third-order valence-electron chi connectivity index (χ3n) is 4.91. The van der Waals surface area contributed by atoms with Gasteiger partial charge in [0.25, 0.3) is 0 Å². The van der Waals surface area contributed by atoms with Gasteiger partial charge in [0, 0.05) is 0 Å². The third kappa shape index (κ3) is 3.29. The fraction of sp³-hybridized carbons (Fsp3) is 0.364. The first-order chi connectivity index (χ1) is 12.7. The molecular weight excluding hydrogens is 338 g/mol. The SMILES string of the molecule is Cc1cc(C(=O)O)cc(C)c1Nc1n(C(C)C)c2ccccc2[n+]1C(C)C. The Hall–Kier alpha value is -2.82. The Morgan fingerprint density at radius 2 is 1.67 bits per heavy atom. The van der Waals surface area contributed by atoms with Crippen LogP contribution in [-0.2, 0) is 0 Å². The second-order valence-electron chi connectivity index (χ2n) is 7.66. The number of aryl methyl sites for hydroxylation is 2. The maximum atomic E-state index is 11.4. The van der Waals surface area contributed by atoms with Gasteiger partial charge in [-0.3, -0.25) is 0 Å². The van der Waals surface area contributed by atoms with Gasteiger partial charge in [0.15, 0.2) is 0 Å². The minimum Gasteiger partial charge on any atom is -0.478 e. The Morgan fingerprint density at radius 1 is 1.07 bits per heavy atom. The smallest absolute Gasteiger partial charge is 0.363 e. The van der Waals surface area contributed by atoms with E-state index in [1.54, 1.807) is 12.1 Å². The molecule has 0 aliphatic carbocycles. The van der Waals surface area contributed by atoms with E-state index in [4.69, 9.17) is 0 Å². The van der Waals surface area contributed by atoms with Gasteiger partial charge in [0.1, 0.15) is 16.7 Å². The first-order valence-corrected chi connectivity index (χ1v) is 9.38. The molecular formula is C22H28N3O2+. The van der Waals surface area contributed by atoms with E-state index >= 15 is 0 Å². The van der Waals surface area contributed by atoms with Crippen LogP contribution in [0.3, 0.4) is 0 Å². The van der Waals surface area contributed by atoms with E-state index in [-0.39, 0.29) is 12.1 Å². The van der Waals surface area contributed by atoms with Crippen molar-refractivity contribution in [3.05, 3.63) is 53.1 Å². The highest BCUT2D eigenvalue weighted by Crippen LogP contribution is 2.30. The summed E-state index contributed by atoms with van der Waals surface area (Å²) in [5, 5.41) is 12.9. The van der Waals surface area contributed by atoms with Crippen LogP contribution in [0.1, 0.15) is 61.3 Å². The monoisotopic (exact) mass is 366 g/mol. The Bertz CT molecular complexity index is 948. The van der Waals surface area contributed by atoms with Crippen LogP contribution in [0.5, 0.6) is 0 Å². The molecule has 2 aromatic carbocycles. The fourth-order valence-electron chi connectivity index (χ4n) is 3.78. The van der Waals surface area contributed by atoms with Gasteiger partial charge in [0.2, 0.25) is 0 Å². The lowest BCUT2D eigenvalue weighted by Crippen LogP contribution is -2.38. The summed E-state index contributed by atoms with van der Waals surface area (Å²) >= 11 is 0. The molecule has 0 unspecified atom stereocenters. The minimum absolute atomic E-state index is 0.274. The number of imidazole rings is 1. The van der Waals surface area contributed by atoms with Crippen molar-refractivity contribution in [2.75, 3.05) is 5.32 Å². The fourth-order valence-corrected chi connectivity index (χ4v) is 3.78. The normalized spacial score (nSPS) is 11.6. The van der Waals surface area contributed by atoms with Gasteiger partial charge in [-0.15, -0.1) is 0 Å². The number of carboxylic acid groups (broad SMARTS) is 1. The van der Waals surface area contributed by atoms with E-state index < -0.39 is 5.97 Å². The number of para-hydroxylation sites is 2. The lowest BCUT2D eigenvalue weighted by molar-refractivity contribution is -0.678. The highest BCUT2D eigenvalue weighted by atomic mass is 16.4. The maximum Gasteiger partial charge on any atom is 0.363 e. The van der Waals surface area contributed by atoms with Crippen molar-refractivity contribution in [1.82, 2.24) is 4.57 Å². The van der Waals surface area contributed by atoms with Crippen LogP contribution in [0.4, 0.5) is 11.6 Å². The molecule has 27 heavy (non-hydrogen) atoms. The third-order valence-corrected chi connectivity index (χ3v) is 4.91. The van der Waals surface area contributed by atoms with Gasteiger partial charge >= 0.3 is 11.9 Å². The molecule has 0 aliphatic rings. The van der Waals surface area contributed by atoms with Crippen molar-refractivity contribution < 1.29 is 14.5 Å². The Labute approximate surface area is 160 Å². The van der Waals surface area contributed by atoms with Gasteiger partial charge in [0.05, 0.1) is 17.6 Å². The molecule has 0 bridgehead atoms. The van der Waals surface area contributed by atoms with E-state index in [0.29, 0.717) is 5.56 Å². The molecule has 0 fully saturated rings. The number of hydrogen-bond acceptors (Lipinski definition) is 2. The van der Waals surface area contributed by atoms with Crippen LogP contribution < -0.4 is 9.88 Å². The van der Waals surface area contributed by atoms with E-state index in [1.165, 1.54) is 11.0 Å². The van der Waals surface area contributed by atoms with Crippen molar-refractivity contribution in [1.29, 1.82) is 0 Å². The molecule has 142 valence electrons. The molecule has 3 aromatic rings. The zero-order valence-corrected chi connectivity index (χ0v) is 16.9. The number of benzene rings is 2. The molecule has 5 heteroatoms. The van der Waals surface area contributed by atoms with Crippen LogP contribution >= 0.6 is 0 Å². The van der Waals surface area contributed by atoms with E-state index in [9.17, 15) is 9.90 Å². The number of aromatic nitrogens is 2. The van der Waals surface area contributed by atoms with Crippen LogP contribution in [0.15, 0.2) is 36.4 Å². The number of nitrogens with zero attached hydrogens (tertiary/aromatic N) is 2. The van der Waals surface area contributed by atoms with Crippen molar-refractivity contribution in [3.63, 3.8) is 0 Å². The number of aromatic carboxylic acids is 1. The van der Waals surface area contributed by atoms with Crippen LogP contribution in [0.2, 0.25) is 0 Å². The van der Waals surface area contributed by atoms with E-state index in [0.717, 1.165) is 22.8 Å². The van der Waals surface area contributed by atoms with Crippen molar-refractivity contribution in [2.24, 2.45) is 0 Å². The Kier molecular flexibility index (Phi) is 4.96. The lowest BCUT2D eigenvalue weighted by Gasteiger charge is -2.15. The number of anilines is 2. The number of nitrogens with one attached hydrogen (secondary N) is 1. The number of fused-ring (bicyclic) bond motifs is 1. The average molecular weight is 366 g/mol. The first-order valence-electron chi connectivity index (χ1n) is 9.38. The molecule has 2 N–H and O–H groups in total. The molecule has 3 rings (SSSR count). The summed E-state index contributed by atoms with van der Waals surface area (Å²) in [5.74, 6) is 0.108. The number of carbonyl (C=O) groups is 1. The molecule has 0 amide bonds. The van der Waals surface area contributed by atoms with E-state index in [2.05, 4.69) is 66.4 Å². The maximum absolute atomic E-state index is 11.4. The Morgan fingerprint density at radius 3 is 2.19 bits per heavy atom. The summed E-state index contributed by atoms with van der Waals surface area (Å²) in [5.41, 5.74) is 5.48. The molecule has 1 heterocycles. The Balaban J connectivity index is 2.25. The largest absolute Gasteiger partial charge is 0.478 e. The van der Waals surface area contributed by atoms with Crippen molar-refractivity contribution in [3.8, 4) is 0 Å².